The van der Waals surface area contributed by atoms with Crippen molar-refractivity contribution >= 4 is 27.6 Å². The average Bonchev–Trinajstić information content (AvgIpc) is 3.14. The molecular formula is C18H19NO2. The van der Waals surface area contributed by atoms with Gasteiger partial charge in [0.2, 0.25) is 0 Å². The number of furan rings is 1. The number of rotatable bonds is 3. The molecular weight excluding hydrogens is 262 g/mol. The van der Waals surface area contributed by atoms with Crippen LogP contribution in [0.1, 0.15) is 13.3 Å². The molecule has 1 aromatic heterocycles. The van der Waals surface area contributed by atoms with Crippen LogP contribution in [0.4, 0.5) is 5.69 Å². The van der Waals surface area contributed by atoms with Crippen molar-refractivity contribution in [2.75, 3.05) is 18.5 Å². The van der Waals surface area contributed by atoms with Crippen LogP contribution in [-0.4, -0.2) is 19.3 Å². The molecule has 1 aliphatic rings. The molecule has 0 bridgehead atoms. The van der Waals surface area contributed by atoms with Crippen LogP contribution in [-0.2, 0) is 4.74 Å². The standard InChI is InChI=1S/C18H19NO2/c1-12(13-8-9-20-11-13)19-14-6-7-18-16(10-14)15-4-2-3-5-17(15)21-18/h2-7,10,12-13,19H,8-9,11H2,1H3. The van der Waals surface area contributed by atoms with E-state index in [4.69, 9.17) is 9.15 Å². The predicted octanol–water partition coefficient (Wildman–Crippen LogP) is 4.42. The van der Waals surface area contributed by atoms with Crippen LogP contribution >= 0.6 is 0 Å². The van der Waals surface area contributed by atoms with E-state index in [9.17, 15) is 0 Å². The fourth-order valence-electron chi connectivity index (χ4n) is 3.14. The SMILES string of the molecule is CC(Nc1ccc2oc3ccccc3c2c1)C1CCOC1. The zero-order chi connectivity index (χ0) is 14.2. The summed E-state index contributed by atoms with van der Waals surface area (Å²) in [5, 5.41) is 5.95. The van der Waals surface area contributed by atoms with Crippen molar-refractivity contribution in [3.63, 3.8) is 0 Å². The summed E-state index contributed by atoms with van der Waals surface area (Å²) in [6.07, 6.45) is 1.14. The van der Waals surface area contributed by atoms with Crippen molar-refractivity contribution in [2.45, 2.75) is 19.4 Å². The van der Waals surface area contributed by atoms with Crippen molar-refractivity contribution in [2.24, 2.45) is 5.92 Å². The van der Waals surface area contributed by atoms with Gasteiger partial charge in [-0.05, 0) is 37.6 Å². The van der Waals surface area contributed by atoms with E-state index in [2.05, 4.69) is 42.6 Å². The Hall–Kier alpha value is -2.00. The largest absolute Gasteiger partial charge is 0.456 e. The lowest BCUT2D eigenvalue weighted by Crippen LogP contribution is -2.25. The second-order valence-electron chi connectivity index (χ2n) is 5.87. The first-order valence-corrected chi connectivity index (χ1v) is 7.57. The highest BCUT2D eigenvalue weighted by Gasteiger charge is 2.22. The third-order valence-electron chi connectivity index (χ3n) is 4.44. The molecule has 3 heteroatoms. The van der Waals surface area contributed by atoms with Crippen LogP contribution in [0.2, 0.25) is 0 Å². The lowest BCUT2D eigenvalue weighted by atomic mass is 10.0. The van der Waals surface area contributed by atoms with Crippen LogP contribution < -0.4 is 5.32 Å². The second-order valence-corrected chi connectivity index (χ2v) is 5.87. The number of fused-ring (bicyclic) bond motifs is 3. The van der Waals surface area contributed by atoms with Crippen LogP contribution in [0.25, 0.3) is 21.9 Å². The lowest BCUT2D eigenvalue weighted by molar-refractivity contribution is 0.183. The Labute approximate surface area is 123 Å². The van der Waals surface area contributed by atoms with E-state index < -0.39 is 0 Å². The molecule has 0 spiro atoms. The molecule has 21 heavy (non-hydrogen) atoms. The molecule has 1 N–H and O–H groups in total. The number of para-hydroxylation sites is 1. The Morgan fingerprint density at radius 2 is 1.95 bits per heavy atom. The van der Waals surface area contributed by atoms with Gasteiger partial charge in [-0.1, -0.05) is 18.2 Å². The molecule has 0 saturated carbocycles. The highest BCUT2D eigenvalue weighted by molar-refractivity contribution is 6.05. The summed E-state index contributed by atoms with van der Waals surface area (Å²) in [4.78, 5) is 0. The maximum absolute atomic E-state index is 5.86. The summed E-state index contributed by atoms with van der Waals surface area (Å²) in [6.45, 7) is 3.99. The van der Waals surface area contributed by atoms with Crippen molar-refractivity contribution in [3.8, 4) is 0 Å². The quantitative estimate of drug-likeness (QED) is 0.771. The predicted molar refractivity (Wildman–Crippen MR) is 85.7 cm³/mol. The molecule has 4 rings (SSSR count). The summed E-state index contributed by atoms with van der Waals surface area (Å²) in [5.74, 6) is 0.599. The van der Waals surface area contributed by atoms with E-state index in [-0.39, 0.29) is 0 Å². The molecule has 1 saturated heterocycles. The van der Waals surface area contributed by atoms with Crippen molar-refractivity contribution in [1.82, 2.24) is 0 Å². The fourth-order valence-corrected chi connectivity index (χ4v) is 3.14. The Kier molecular flexibility index (Phi) is 3.08. The van der Waals surface area contributed by atoms with Crippen LogP contribution in [0.5, 0.6) is 0 Å². The molecule has 2 aromatic carbocycles. The van der Waals surface area contributed by atoms with Crippen molar-refractivity contribution in [3.05, 3.63) is 42.5 Å². The Balaban J connectivity index is 1.67. The van der Waals surface area contributed by atoms with E-state index >= 15 is 0 Å². The van der Waals surface area contributed by atoms with Gasteiger partial charge in [0.15, 0.2) is 0 Å². The average molecular weight is 281 g/mol. The van der Waals surface area contributed by atoms with Crippen LogP contribution in [0, 0.1) is 5.92 Å². The third kappa shape index (κ3) is 2.28. The minimum absolute atomic E-state index is 0.420. The topological polar surface area (TPSA) is 34.4 Å². The summed E-state index contributed by atoms with van der Waals surface area (Å²) in [7, 11) is 0. The zero-order valence-corrected chi connectivity index (χ0v) is 12.1. The first-order valence-electron chi connectivity index (χ1n) is 7.57. The summed E-state index contributed by atoms with van der Waals surface area (Å²) >= 11 is 0. The molecule has 0 radical (unpaired) electrons. The minimum Gasteiger partial charge on any atom is -0.456 e. The molecule has 108 valence electrons. The molecule has 2 atom stereocenters. The van der Waals surface area contributed by atoms with Crippen LogP contribution in [0.3, 0.4) is 0 Å². The number of hydrogen-bond acceptors (Lipinski definition) is 3. The summed E-state index contributed by atoms with van der Waals surface area (Å²) in [6, 6.07) is 14.9. The first kappa shape index (κ1) is 12.7. The number of nitrogens with one attached hydrogen (secondary N) is 1. The van der Waals surface area contributed by atoms with Gasteiger partial charge in [-0.3, -0.25) is 0 Å². The van der Waals surface area contributed by atoms with Gasteiger partial charge in [0, 0.05) is 35.0 Å². The van der Waals surface area contributed by atoms with E-state index in [0.717, 1.165) is 36.5 Å². The lowest BCUT2D eigenvalue weighted by Gasteiger charge is -2.20. The van der Waals surface area contributed by atoms with Gasteiger partial charge < -0.3 is 14.5 Å². The number of ether oxygens (including phenoxy) is 1. The van der Waals surface area contributed by atoms with Crippen molar-refractivity contribution in [1.29, 1.82) is 0 Å². The normalized spacial score (nSPS) is 20.1. The van der Waals surface area contributed by atoms with Gasteiger partial charge in [-0.25, -0.2) is 0 Å². The Morgan fingerprint density at radius 1 is 1.10 bits per heavy atom. The third-order valence-corrected chi connectivity index (χ3v) is 4.44. The maximum atomic E-state index is 5.86. The summed E-state index contributed by atoms with van der Waals surface area (Å²) < 4.78 is 11.3. The van der Waals surface area contributed by atoms with E-state index in [1.807, 2.05) is 12.1 Å². The van der Waals surface area contributed by atoms with Crippen molar-refractivity contribution < 1.29 is 9.15 Å². The maximum Gasteiger partial charge on any atom is 0.135 e. The highest BCUT2D eigenvalue weighted by Crippen LogP contribution is 2.31. The number of hydrogen-bond donors (Lipinski definition) is 1. The van der Waals surface area contributed by atoms with E-state index in [1.165, 1.54) is 10.8 Å². The Morgan fingerprint density at radius 3 is 2.81 bits per heavy atom. The van der Waals surface area contributed by atoms with Gasteiger partial charge in [-0.2, -0.15) is 0 Å². The van der Waals surface area contributed by atoms with Gasteiger partial charge in [0.05, 0.1) is 6.61 Å². The molecule has 2 unspecified atom stereocenters. The van der Waals surface area contributed by atoms with Gasteiger partial charge >= 0.3 is 0 Å². The molecule has 1 fully saturated rings. The first-order chi connectivity index (χ1) is 10.3. The summed E-state index contributed by atoms with van der Waals surface area (Å²) in [5.41, 5.74) is 3.04. The van der Waals surface area contributed by atoms with E-state index in [0.29, 0.717) is 12.0 Å². The molecule has 0 aliphatic carbocycles. The van der Waals surface area contributed by atoms with Crippen LogP contribution in [0.15, 0.2) is 46.9 Å². The second kappa shape index (κ2) is 5.08. The zero-order valence-electron chi connectivity index (χ0n) is 12.1. The van der Waals surface area contributed by atoms with Gasteiger partial charge in [-0.15, -0.1) is 0 Å². The molecule has 2 heterocycles. The molecule has 0 amide bonds. The van der Waals surface area contributed by atoms with Gasteiger partial charge in [0.25, 0.3) is 0 Å². The Bertz CT molecular complexity index is 771. The van der Waals surface area contributed by atoms with E-state index in [1.54, 1.807) is 0 Å². The number of benzene rings is 2. The van der Waals surface area contributed by atoms with Gasteiger partial charge in [0.1, 0.15) is 11.2 Å². The number of anilines is 1. The monoisotopic (exact) mass is 281 g/mol. The fraction of sp³-hybridized carbons (Fsp3) is 0.333. The molecule has 1 aliphatic heterocycles. The minimum atomic E-state index is 0.420. The molecule has 3 aromatic rings. The molecule has 3 nitrogen and oxygen atoms in total. The smallest absolute Gasteiger partial charge is 0.135 e. The highest BCUT2D eigenvalue weighted by atomic mass is 16.5.